The second-order valence-corrected chi connectivity index (χ2v) is 3.10. The maximum atomic E-state index is 12.3. The van der Waals surface area contributed by atoms with E-state index in [9.17, 15) is 13.6 Å². The normalized spacial score (nSPS) is 10.5. The van der Waals surface area contributed by atoms with E-state index in [1.165, 1.54) is 0 Å². The molecular weight excluding hydrogens is 246 g/mol. The van der Waals surface area contributed by atoms with Crippen LogP contribution in [0.2, 0.25) is 0 Å². The summed E-state index contributed by atoms with van der Waals surface area (Å²) in [5.74, 6) is 0.0199. The third-order valence-corrected chi connectivity index (χ3v) is 2.05. The average Bonchev–Trinajstić information content (AvgIpc) is 2.08. The molecule has 70 valence electrons. The van der Waals surface area contributed by atoms with E-state index in [4.69, 9.17) is 5.73 Å². The molecular formula is C7H5BrF2N2O. The maximum absolute atomic E-state index is 12.3. The van der Waals surface area contributed by atoms with E-state index in [2.05, 4.69) is 20.9 Å². The SMILES string of the molecule is Nc1nc(C=O)c(C(F)F)cc1Br. The molecule has 6 heteroatoms. The summed E-state index contributed by atoms with van der Waals surface area (Å²) in [5, 5.41) is 0. The number of halogens is 3. The van der Waals surface area contributed by atoms with E-state index in [1.807, 2.05) is 0 Å². The van der Waals surface area contributed by atoms with Crippen LogP contribution in [0.15, 0.2) is 10.5 Å². The smallest absolute Gasteiger partial charge is 0.266 e. The second-order valence-electron chi connectivity index (χ2n) is 2.25. The van der Waals surface area contributed by atoms with Crippen LogP contribution in [0.5, 0.6) is 0 Å². The van der Waals surface area contributed by atoms with Crippen LogP contribution in [-0.2, 0) is 0 Å². The Morgan fingerprint density at radius 3 is 2.69 bits per heavy atom. The Hall–Kier alpha value is -1.04. The molecule has 0 aliphatic rings. The number of nitrogens with zero attached hydrogens (tertiary/aromatic N) is 1. The van der Waals surface area contributed by atoms with Crippen molar-refractivity contribution in [1.82, 2.24) is 4.98 Å². The first-order valence-corrected chi connectivity index (χ1v) is 4.04. The van der Waals surface area contributed by atoms with Gasteiger partial charge in [-0.15, -0.1) is 0 Å². The number of nitrogens with two attached hydrogens (primary N) is 1. The molecule has 0 aliphatic carbocycles. The van der Waals surface area contributed by atoms with Crippen molar-refractivity contribution in [2.45, 2.75) is 6.43 Å². The summed E-state index contributed by atoms with van der Waals surface area (Å²) in [7, 11) is 0. The van der Waals surface area contributed by atoms with Crippen LogP contribution < -0.4 is 5.73 Å². The van der Waals surface area contributed by atoms with Crippen molar-refractivity contribution >= 4 is 28.0 Å². The van der Waals surface area contributed by atoms with Gasteiger partial charge in [-0.2, -0.15) is 0 Å². The van der Waals surface area contributed by atoms with Gasteiger partial charge in [0.1, 0.15) is 11.5 Å². The van der Waals surface area contributed by atoms with Crippen LogP contribution in [0.1, 0.15) is 22.5 Å². The molecule has 1 rings (SSSR count). The van der Waals surface area contributed by atoms with Crippen molar-refractivity contribution in [3.63, 3.8) is 0 Å². The van der Waals surface area contributed by atoms with Crippen molar-refractivity contribution in [3.8, 4) is 0 Å². The minimum Gasteiger partial charge on any atom is -0.383 e. The van der Waals surface area contributed by atoms with Crippen LogP contribution in [0.3, 0.4) is 0 Å². The number of aldehydes is 1. The zero-order valence-electron chi connectivity index (χ0n) is 6.30. The molecule has 2 N–H and O–H groups in total. The molecule has 1 aromatic heterocycles. The molecule has 0 bridgehead atoms. The summed E-state index contributed by atoms with van der Waals surface area (Å²) in [6, 6.07) is 1.09. The maximum Gasteiger partial charge on any atom is 0.266 e. The quantitative estimate of drug-likeness (QED) is 0.819. The van der Waals surface area contributed by atoms with Gasteiger partial charge in [0, 0.05) is 5.56 Å². The molecule has 0 spiro atoms. The predicted molar refractivity (Wildman–Crippen MR) is 46.7 cm³/mol. The third-order valence-electron chi connectivity index (χ3n) is 1.41. The topological polar surface area (TPSA) is 56.0 Å². The molecule has 0 aromatic carbocycles. The van der Waals surface area contributed by atoms with Crippen molar-refractivity contribution in [2.75, 3.05) is 5.73 Å². The minimum absolute atomic E-state index is 0.0199. The van der Waals surface area contributed by atoms with Gasteiger partial charge in [0.05, 0.1) is 4.47 Å². The third kappa shape index (κ3) is 2.00. The van der Waals surface area contributed by atoms with Crippen LogP contribution >= 0.6 is 15.9 Å². The van der Waals surface area contributed by atoms with E-state index in [0.29, 0.717) is 0 Å². The number of hydrogen-bond donors (Lipinski definition) is 1. The molecule has 3 nitrogen and oxygen atoms in total. The van der Waals surface area contributed by atoms with Gasteiger partial charge in [0.2, 0.25) is 0 Å². The van der Waals surface area contributed by atoms with Gasteiger partial charge >= 0.3 is 0 Å². The fourth-order valence-electron chi connectivity index (χ4n) is 0.801. The van der Waals surface area contributed by atoms with Gasteiger partial charge in [-0.25, -0.2) is 13.8 Å². The summed E-state index contributed by atoms with van der Waals surface area (Å²) < 4.78 is 24.8. The standard InChI is InChI=1S/C7H5BrF2N2O/c8-4-1-3(6(9)10)5(2-13)12-7(4)11/h1-2,6H,(H2,11,12). The molecule has 0 fully saturated rings. The molecule has 0 saturated heterocycles. The number of carbonyl (C=O) groups excluding carboxylic acids is 1. The van der Waals surface area contributed by atoms with Gasteiger partial charge in [0.25, 0.3) is 6.43 Å². The van der Waals surface area contributed by atoms with Crippen LogP contribution in [0.25, 0.3) is 0 Å². The highest BCUT2D eigenvalue weighted by Crippen LogP contribution is 2.27. The van der Waals surface area contributed by atoms with Crippen molar-refractivity contribution in [3.05, 3.63) is 21.8 Å². The summed E-state index contributed by atoms with van der Waals surface area (Å²) >= 11 is 2.94. The number of aromatic nitrogens is 1. The number of pyridine rings is 1. The van der Waals surface area contributed by atoms with E-state index in [0.717, 1.165) is 6.07 Å². The lowest BCUT2D eigenvalue weighted by atomic mass is 10.2. The highest BCUT2D eigenvalue weighted by atomic mass is 79.9. The first-order valence-electron chi connectivity index (χ1n) is 3.25. The Morgan fingerprint density at radius 1 is 1.62 bits per heavy atom. The Morgan fingerprint density at radius 2 is 2.23 bits per heavy atom. The van der Waals surface area contributed by atoms with Gasteiger partial charge in [-0.05, 0) is 22.0 Å². The zero-order valence-corrected chi connectivity index (χ0v) is 7.88. The lowest BCUT2D eigenvalue weighted by molar-refractivity contribution is 0.110. The number of rotatable bonds is 2. The monoisotopic (exact) mass is 250 g/mol. The van der Waals surface area contributed by atoms with E-state index in [-0.39, 0.29) is 22.3 Å². The number of carbonyl (C=O) groups is 1. The van der Waals surface area contributed by atoms with Gasteiger partial charge in [-0.1, -0.05) is 0 Å². The molecule has 1 heterocycles. The number of nitrogen functional groups attached to an aromatic ring is 1. The first kappa shape index (κ1) is 10.0. The van der Waals surface area contributed by atoms with Gasteiger partial charge < -0.3 is 5.73 Å². The van der Waals surface area contributed by atoms with Crippen LogP contribution in [0.4, 0.5) is 14.6 Å². The summed E-state index contributed by atoms with van der Waals surface area (Å²) in [6.45, 7) is 0. The first-order chi connectivity index (χ1) is 6.06. The molecule has 0 saturated carbocycles. The Labute approximate surface area is 81.1 Å². The fraction of sp³-hybridized carbons (Fsp3) is 0.143. The minimum atomic E-state index is -2.73. The van der Waals surface area contributed by atoms with E-state index in [1.54, 1.807) is 0 Å². The number of hydrogen-bond acceptors (Lipinski definition) is 3. The number of anilines is 1. The molecule has 0 amide bonds. The van der Waals surface area contributed by atoms with E-state index >= 15 is 0 Å². The Kier molecular flexibility index (Phi) is 2.92. The average molecular weight is 251 g/mol. The molecule has 0 unspecified atom stereocenters. The predicted octanol–water partition coefficient (Wildman–Crippen LogP) is 2.18. The van der Waals surface area contributed by atoms with Crippen LogP contribution in [0, 0.1) is 0 Å². The Bertz CT molecular complexity index is 344. The van der Waals surface area contributed by atoms with Crippen molar-refractivity contribution in [2.24, 2.45) is 0 Å². The molecule has 0 radical (unpaired) electrons. The van der Waals surface area contributed by atoms with Crippen molar-refractivity contribution < 1.29 is 13.6 Å². The zero-order chi connectivity index (χ0) is 10.0. The molecule has 0 aliphatic heterocycles. The summed E-state index contributed by atoms with van der Waals surface area (Å²) in [6.07, 6.45) is -2.48. The lowest BCUT2D eigenvalue weighted by Crippen LogP contribution is -2.01. The number of alkyl halides is 2. The van der Waals surface area contributed by atoms with Gasteiger partial charge in [0.15, 0.2) is 6.29 Å². The van der Waals surface area contributed by atoms with Crippen molar-refractivity contribution in [1.29, 1.82) is 0 Å². The largest absolute Gasteiger partial charge is 0.383 e. The van der Waals surface area contributed by atoms with E-state index < -0.39 is 12.0 Å². The molecule has 0 atom stereocenters. The van der Waals surface area contributed by atoms with Gasteiger partial charge in [-0.3, -0.25) is 4.79 Å². The fourth-order valence-corrected chi connectivity index (χ4v) is 1.14. The highest BCUT2D eigenvalue weighted by Gasteiger charge is 2.15. The summed E-state index contributed by atoms with van der Waals surface area (Å²) in [4.78, 5) is 13.8. The Balaban J connectivity index is 3.32. The molecule has 1 aromatic rings. The molecule has 13 heavy (non-hydrogen) atoms. The van der Waals surface area contributed by atoms with Crippen LogP contribution in [-0.4, -0.2) is 11.3 Å². The highest BCUT2D eigenvalue weighted by molar-refractivity contribution is 9.10. The second kappa shape index (κ2) is 3.78. The lowest BCUT2D eigenvalue weighted by Gasteiger charge is -2.04. The summed E-state index contributed by atoms with van der Waals surface area (Å²) in [5.41, 5.74) is 4.56.